The van der Waals surface area contributed by atoms with Crippen LogP contribution in [0.15, 0.2) is 0 Å². The first-order valence-electron chi connectivity index (χ1n) is 3.85. The van der Waals surface area contributed by atoms with Gasteiger partial charge in [-0.2, -0.15) is 15.7 Å². The van der Waals surface area contributed by atoms with Crippen molar-refractivity contribution < 1.29 is 61.9 Å². The normalized spacial score (nSPS) is 14.1. The van der Waals surface area contributed by atoms with Gasteiger partial charge in [0.1, 0.15) is 0 Å². The Morgan fingerprint density at radius 3 is 1.64 bits per heavy atom. The Morgan fingerprint density at radius 1 is 1.07 bits per heavy atom. The fourth-order valence-electron chi connectivity index (χ4n) is 1.23. The van der Waals surface area contributed by atoms with Crippen molar-refractivity contribution in [3.63, 3.8) is 0 Å². The summed E-state index contributed by atoms with van der Waals surface area (Å²) in [5.41, 5.74) is 0. The van der Waals surface area contributed by atoms with E-state index >= 15 is 0 Å². The Kier molecular flexibility index (Phi) is 33.1. The molecule has 1 aliphatic carbocycles. The van der Waals surface area contributed by atoms with Crippen LogP contribution in [-0.4, -0.2) is 10.4 Å². The Bertz CT molecular complexity index is 129. The smallest absolute Gasteiger partial charge is 0.0655 e. The van der Waals surface area contributed by atoms with Crippen LogP contribution in [0.1, 0.15) is 32.1 Å². The van der Waals surface area contributed by atoms with Crippen LogP contribution in [0.25, 0.3) is 0 Å². The van der Waals surface area contributed by atoms with E-state index in [1.165, 1.54) is 19.3 Å². The molecule has 0 heterocycles. The van der Waals surface area contributed by atoms with E-state index in [4.69, 9.17) is 15.7 Å². The minimum absolute atomic E-state index is 0. The van der Waals surface area contributed by atoms with Crippen LogP contribution < -0.4 is 30.5 Å². The molecule has 1 saturated carbocycles. The number of nitrogens with two attached hydrogens (primary N) is 1. The maximum Gasteiger partial charge on any atom is 0.0655 e. The van der Waals surface area contributed by atoms with Crippen molar-refractivity contribution in [1.29, 1.82) is 5.26 Å². The van der Waals surface area contributed by atoms with Gasteiger partial charge in [-0.15, -0.1) is 0 Å². The van der Waals surface area contributed by atoms with Crippen LogP contribution in [0.3, 0.4) is 0 Å². The van der Waals surface area contributed by atoms with Gasteiger partial charge in [0.25, 0.3) is 0 Å². The Hall–Kier alpha value is 0.638. The number of halogens is 2. The molecule has 14 heavy (non-hydrogen) atoms. The fraction of sp³-hybridized carbons (Fsp3) is 0.857. The topological polar surface area (TPSA) is 80.9 Å². The monoisotopic (exact) mass is 424 g/mol. The number of hydrogen-bond acceptors (Lipinski definition) is 3. The van der Waals surface area contributed by atoms with Gasteiger partial charge in [0, 0.05) is 27.0 Å². The molecular weight excluding hydrogens is 410 g/mol. The average Bonchev–Trinajstić information content (AvgIpc) is 2.08. The quantitative estimate of drug-likeness (QED) is 0.339. The zero-order valence-corrected chi connectivity index (χ0v) is 11.4. The Morgan fingerprint density at radius 2 is 1.43 bits per heavy atom. The summed E-state index contributed by atoms with van der Waals surface area (Å²) in [4.78, 5) is 0. The van der Waals surface area contributed by atoms with Crippen molar-refractivity contribution in [2.75, 3.05) is 0 Å². The predicted octanol–water partition coefficient (Wildman–Crippen LogP) is -5.58. The van der Waals surface area contributed by atoms with Crippen LogP contribution in [-0.2, 0) is 21.1 Å². The minimum Gasteiger partial charge on any atom is -1.00 e. The second kappa shape index (κ2) is 19.2. The van der Waals surface area contributed by atoms with Crippen molar-refractivity contribution in [1.82, 2.24) is 0 Å². The van der Waals surface area contributed by atoms with Gasteiger partial charge in [0.2, 0.25) is 0 Å². The summed E-state index contributed by atoms with van der Waals surface area (Å²) >= 11 is 0. The molecule has 0 atom stereocenters. The van der Waals surface area contributed by atoms with Gasteiger partial charge >= 0.3 is 0 Å². The van der Waals surface area contributed by atoms with Crippen LogP contribution >= 0.6 is 0 Å². The van der Waals surface area contributed by atoms with E-state index in [1.807, 2.05) is 0 Å². The first-order chi connectivity index (χ1) is 5.35. The van der Waals surface area contributed by atoms with Crippen molar-refractivity contribution in [2.45, 2.75) is 32.1 Å². The molecule has 0 amide bonds. The molecule has 0 unspecified atom stereocenters. The number of quaternary nitrogens is 1. The molecule has 0 aromatic heterocycles. The van der Waals surface area contributed by atoms with E-state index in [0.29, 0.717) is 5.92 Å². The Balaban J connectivity index is -0.0000000758. The molecule has 0 bridgehead atoms. The molecule has 4 N–H and O–H groups in total. The van der Waals surface area contributed by atoms with Gasteiger partial charge < -0.3 is 24.8 Å². The molecule has 90 valence electrons. The second-order valence-corrected chi connectivity index (χ2v) is 2.58. The first kappa shape index (κ1) is 24.1. The van der Waals surface area contributed by atoms with E-state index < -0.39 is 0 Å². The first-order valence-corrected chi connectivity index (χ1v) is 3.85. The third-order valence-corrected chi connectivity index (χ3v) is 1.79. The van der Waals surface area contributed by atoms with Gasteiger partial charge in [0.15, 0.2) is 0 Å². The minimum atomic E-state index is 0. The van der Waals surface area contributed by atoms with Crippen LogP contribution in [0.4, 0.5) is 0 Å². The summed E-state index contributed by atoms with van der Waals surface area (Å²) in [5, 5.41) is 22.4. The van der Waals surface area contributed by atoms with Crippen LogP contribution in [0, 0.1) is 17.2 Å². The summed E-state index contributed by atoms with van der Waals surface area (Å²) in [7, 11) is 0. The molecule has 0 aromatic rings. The average molecular weight is 425 g/mol. The third kappa shape index (κ3) is 15.1. The summed E-state index contributed by atoms with van der Waals surface area (Å²) in [6, 6.07) is 2.30. The molecule has 0 aliphatic heterocycles. The number of rotatable bonds is 0. The van der Waals surface area contributed by atoms with Crippen LogP contribution in [0.5, 0.6) is 0 Å². The molecular formula is C7H15Cl2N2O2Pt-. The zero-order valence-electron chi connectivity index (χ0n) is 7.60. The van der Waals surface area contributed by atoms with E-state index in [0.717, 1.165) is 12.8 Å². The summed E-state index contributed by atoms with van der Waals surface area (Å²) < 4.78 is 0. The summed E-state index contributed by atoms with van der Waals surface area (Å²) in [6.07, 6.45) is 6.20. The molecule has 1 aliphatic rings. The molecule has 0 aromatic carbocycles. The third-order valence-electron chi connectivity index (χ3n) is 1.79. The zero-order chi connectivity index (χ0) is 8.53. The van der Waals surface area contributed by atoms with Crippen LogP contribution in [0.2, 0.25) is 0 Å². The predicted molar refractivity (Wildman–Crippen MR) is 37.7 cm³/mol. The van der Waals surface area contributed by atoms with Crippen molar-refractivity contribution in [3.8, 4) is 6.07 Å². The molecule has 1 rings (SSSR count). The number of nitriles is 1. The van der Waals surface area contributed by atoms with Crippen molar-refractivity contribution in [3.05, 3.63) is 0 Å². The summed E-state index contributed by atoms with van der Waals surface area (Å²) in [5.74, 6) is 0.392. The van der Waals surface area contributed by atoms with Gasteiger partial charge in [-0.05, 0) is 12.8 Å². The largest absolute Gasteiger partial charge is 1.00 e. The Labute approximate surface area is 111 Å². The molecule has 4 nitrogen and oxygen atoms in total. The number of nitrogens with zero attached hydrogens (tertiary/aromatic N) is 1. The number of hydrogen-bond donors (Lipinski definition) is 3. The van der Waals surface area contributed by atoms with Crippen molar-refractivity contribution >= 4 is 0 Å². The van der Waals surface area contributed by atoms with Gasteiger partial charge in [-0.1, -0.05) is 24.9 Å². The molecule has 7 heteroatoms. The SMILES string of the molecule is N#CC1CCCCC1.O[NH2+]O.[Cl-].[Cl-].[Pt]. The van der Waals surface area contributed by atoms with Gasteiger partial charge in [-0.3, -0.25) is 0 Å². The fourth-order valence-corrected chi connectivity index (χ4v) is 1.23. The van der Waals surface area contributed by atoms with E-state index in [2.05, 4.69) is 6.07 Å². The van der Waals surface area contributed by atoms with Gasteiger partial charge in [-0.25, -0.2) is 0 Å². The summed E-state index contributed by atoms with van der Waals surface area (Å²) in [6.45, 7) is 0. The van der Waals surface area contributed by atoms with E-state index in [9.17, 15) is 0 Å². The molecule has 0 saturated heterocycles. The molecule has 0 radical (unpaired) electrons. The maximum absolute atomic E-state index is 8.44. The van der Waals surface area contributed by atoms with Crippen molar-refractivity contribution in [2.24, 2.45) is 5.92 Å². The molecule has 1 fully saturated rings. The maximum atomic E-state index is 8.44. The van der Waals surface area contributed by atoms with E-state index in [1.54, 1.807) is 0 Å². The molecule has 0 spiro atoms. The standard InChI is InChI=1S/C7H11N.2ClH.H4NO2.Pt/c8-6-7-4-2-1-3-5-7;;;2-1-3;/h7H,1-5H2;2*1H;2-3H,1H2;/q;;;+1;/p-2. The second-order valence-electron chi connectivity index (χ2n) is 2.58. The van der Waals surface area contributed by atoms with E-state index in [-0.39, 0.29) is 51.5 Å². The van der Waals surface area contributed by atoms with Gasteiger partial charge in [0.05, 0.1) is 6.07 Å².